The second-order valence-corrected chi connectivity index (χ2v) is 6.25. The number of nitrogens with zero attached hydrogens (tertiary/aromatic N) is 1. The standard InChI is InChI=1S/C18H21N5O/c24-17-15-14(12-6-9-19-10-7-12)8-11-20-16(15)22-18(23-17)21-13-4-2-1-3-5-13/h1-7,9-10,14-16,18,20-22H,8,11H2,(H,23,24). The number of para-hydroxylation sites is 1. The average Bonchev–Trinajstić information content (AvgIpc) is 2.63. The number of pyridine rings is 1. The van der Waals surface area contributed by atoms with Gasteiger partial charge in [-0.2, -0.15) is 0 Å². The van der Waals surface area contributed by atoms with E-state index in [0.717, 1.165) is 18.7 Å². The van der Waals surface area contributed by atoms with Gasteiger partial charge in [-0.1, -0.05) is 18.2 Å². The smallest absolute Gasteiger partial charge is 0.229 e. The van der Waals surface area contributed by atoms with Crippen molar-refractivity contribution in [1.82, 2.24) is 20.9 Å². The van der Waals surface area contributed by atoms with Crippen LogP contribution in [0.4, 0.5) is 5.69 Å². The summed E-state index contributed by atoms with van der Waals surface area (Å²) in [5.41, 5.74) is 2.14. The first kappa shape index (κ1) is 15.1. The summed E-state index contributed by atoms with van der Waals surface area (Å²) in [6.45, 7) is 0.881. The van der Waals surface area contributed by atoms with Crippen molar-refractivity contribution in [2.45, 2.75) is 24.8 Å². The van der Waals surface area contributed by atoms with E-state index in [2.05, 4.69) is 26.3 Å². The number of hydrogen-bond donors (Lipinski definition) is 4. The van der Waals surface area contributed by atoms with E-state index >= 15 is 0 Å². The van der Waals surface area contributed by atoms with Crippen molar-refractivity contribution in [1.29, 1.82) is 0 Å². The van der Waals surface area contributed by atoms with Crippen LogP contribution in [0.2, 0.25) is 0 Å². The molecular weight excluding hydrogens is 302 g/mol. The number of aromatic nitrogens is 1. The van der Waals surface area contributed by atoms with E-state index < -0.39 is 0 Å². The molecule has 1 aromatic carbocycles. The fourth-order valence-electron chi connectivity index (χ4n) is 3.65. The Kier molecular flexibility index (Phi) is 4.15. The number of benzene rings is 1. The number of anilines is 1. The molecule has 3 heterocycles. The highest BCUT2D eigenvalue weighted by atomic mass is 16.2. The molecule has 4 unspecified atom stereocenters. The number of fused-ring (bicyclic) bond motifs is 1. The van der Waals surface area contributed by atoms with Gasteiger partial charge < -0.3 is 16.0 Å². The topological polar surface area (TPSA) is 78.1 Å². The van der Waals surface area contributed by atoms with Crippen LogP contribution in [-0.4, -0.2) is 29.9 Å². The molecule has 2 fully saturated rings. The Bertz CT molecular complexity index is 693. The molecule has 4 rings (SSSR count). The molecule has 2 saturated heterocycles. The van der Waals surface area contributed by atoms with Crippen molar-refractivity contribution in [3.63, 3.8) is 0 Å². The number of rotatable bonds is 3. The van der Waals surface area contributed by atoms with Crippen molar-refractivity contribution in [2.24, 2.45) is 5.92 Å². The maximum absolute atomic E-state index is 12.8. The summed E-state index contributed by atoms with van der Waals surface area (Å²) in [7, 11) is 0. The lowest BCUT2D eigenvalue weighted by Gasteiger charge is -2.44. The molecule has 2 aliphatic rings. The van der Waals surface area contributed by atoms with Crippen LogP contribution in [-0.2, 0) is 4.79 Å². The van der Waals surface area contributed by atoms with E-state index in [9.17, 15) is 4.79 Å². The predicted molar refractivity (Wildman–Crippen MR) is 92.0 cm³/mol. The zero-order chi connectivity index (χ0) is 16.4. The third-order valence-electron chi connectivity index (χ3n) is 4.77. The molecule has 1 aromatic heterocycles. The SMILES string of the molecule is O=C1NC(Nc2ccccc2)NC2NCCC(c3ccncc3)C12. The largest absolute Gasteiger partial charge is 0.353 e. The fraction of sp³-hybridized carbons (Fsp3) is 0.333. The van der Waals surface area contributed by atoms with Gasteiger partial charge in [-0.25, -0.2) is 0 Å². The van der Waals surface area contributed by atoms with Gasteiger partial charge >= 0.3 is 0 Å². The first-order valence-corrected chi connectivity index (χ1v) is 8.32. The number of carbonyl (C=O) groups is 1. The number of amides is 1. The number of hydrogen-bond acceptors (Lipinski definition) is 5. The van der Waals surface area contributed by atoms with Crippen LogP contribution < -0.4 is 21.3 Å². The second kappa shape index (κ2) is 6.59. The Morgan fingerprint density at radius 2 is 1.88 bits per heavy atom. The van der Waals surface area contributed by atoms with Gasteiger partial charge in [-0.15, -0.1) is 0 Å². The van der Waals surface area contributed by atoms with Gasteiger partial charge in [0.2, 0.25) is 5.91 Å². The normalized spacial score (nSPS) is 29.4. The first-order valence-electron chi connectivity index (χ1n) is 8.32. The van der Waals surface area contributed by atoms with Crippen LogP contribution in [0.3, 0.4) is 0 Å². The molecule has 2 aromatic rings. The maximum Gasteiger partial charge on any atom is 0.229 e. The van der Waals surface area contributed by atoms with Gasteiger partial charge in [0.25, 0.3) is 0 Å². The van der Waals surface area contributed by atoms with E-state index in [0.29, 0.717) is 0 Å². The molecule has 1 amide bonds. The third-order valence-corrected chi connectivity index (χ3v) is 4.77. The number of nitrogens with one attached hydrogen (secondary N) is 4. The Morgan fingerprint density at radius 3 is 2.67 bits per heavy atom. The lowest BCUT2D eigenvalue weighted by atomic mass is 9.78. The molecule has 0 bridgehead atoms. The van der Waals surface area contributed by atoms with Crippen LogP contribution in [0.25, 0.3) is 0 Å². The molecule has 0 radical (unpaired) electrons. The zero-order valence-electron chi connectivity index (χ0n) is 13.3. The number of carbonyl (C=O) groups excluding carboxylic acids is 1. The van der Waals surface area contributed by atoms with Crippen molar-refractivity contribution >= 4 is 11.6 Å². The monoisotopic (exact) mass is 323 g/mol. The lowest BCUT2D eigenvalue weighted by Crippen LogP contribution is -2.70. The molecule has 0 aliphatic carbocycles. The van der Waals surface area contributed by atoms with Crippen LogP contribution in [0.5, 0.6) is 0 Å². The van der Waals surface area contributed by atoms with Crippen molar-refractivity contribution in [3.8, 4) is 0 Å². The van der Waals surface area contributed by atoms with E-state index in [1.165, 1.54) is 5.56 Å². The summed E-state index contributed by atoms with van der Waals surface area (Å²) in [4.78, 5) is 16.8. The quantitative estimate of drug-likeness (QED) is 0.683. The molecule has 24 heavy (non-hydrogen) atoms. The average molecular weight is 323 g/mol. The van der Waals surface area contributed by atoms with Gasteiger partial charge in [0.05, 0.1) is 12.1 Å². The molecule has 6 nitrogen and oxygen atoms in total. The van der Waals surface area contributed by atoms with E-state index in [1.807, 2.05) is 42.5 Å². The highest BCUT2D eigenvalue weighted by Crippen LogP contribution is 2.34. The molecule has 4 N–H and O–H groups in total. The van der Waals surface area contributed by atoms with E-state index in [1.54, 1.807) is 12.4 Å². The minimum absolute atomic E-state index is 0.0492. The number of piperidine rings is 1. The van der Waals surface area contributed by atoms with Gasteiger partial charge in [0.1, 0.15) is 0 Å². The summed E-state index contributed by atoms with van der Waals surface area (Å²) >= 11 is 0. The van der Waals surface area contributed by atoms with Gasteiger partial charge in [-0.3, -0.25) is 15.1 Å². The summed E-state index contributed by atoms with van der Waals surface area (Å²) in [5.74, 6) is 0.139. The summed E-state index contributed by atoms with van der Waals surface area (Å²) in [5, 5.41) is 13.3. The molecular formula is C18H21N5O. The predicted octanol–water partition coefficient (Wildman–Crippen LogP) is 1.22. The molecule has 0 spiro atoms. The minimum atomic E-state index is -0.287. The Morgan fingerprint density at radius 1 is 1.08 bits per heavy atom. The summed E-state index contributed by atoms with van der Waals surface area (Å²) < 4.78 is 0. The van der Waals surface area contributed by atoms with Crippen molar-refractivity contribution < 1.29 is 4.79 Å². The highest BCUT2D eigenvalue weighted by Gasteiger charge is 2.43. The molecule has 2 aliphatic heterocycles. The van der Waals surface area contributed by atoms with E-state index in [4.69, 9.17) is 0 Å². The minimum Gasteiger partial charge on any atom is -0.353 e. The third kappa shape index (κ3) is 2.98. The van der Waals surface area contributed by atoms with Crippen molar-refractivity contribution in [3.05, 3.63) is 60.4 Å². The van der Waals surface area contributed by atoms with Crippen LogP contribution in [0.1, 0.15) is 17.9 Å². The highest BCUT2D eigenvalue weighted by molar-refractivity contribution is 5.82. The molecule has 124 valence electrons. The van der Waals surface area contributed by atoms with Crippen LogP contribution >= 0.6 is 0 Å². The van der Waals surface area contributed by atoms with Crippen LogP contribution in [0, 0.1) is 5.92 Å². The lowest BCUT2D eigenvalue weighted by molar-refractivity contribution is -0.131. The van der Waals surface area contributed by atoms with Gasteiger partial charge in [0.15, 0.2) is 6.29 Å². The van der Waals surface area contributed by atoms with Gasteiger partial charge in [-0.05, 0) is 48.7 Å². The molecule has 6 heteroatoms. The fourth-order valence-corrected chi connectivity index (χ4v) is 3.65. The zero-order valence-corrected chi connectivity index (χ0v) is 13.3. The Hall–Kier alpha value is -2.44. The molecule has 4 atom stereocenters. The summed E-state index contributed by atoms with van der Waals surface area (Å²) in [6.07, 6.45) is 4.19. The Balaban J connectivity index is 1.51. The van der Waals surface area contributed by atoms with Crippen molar-refractivity contribution in [2.75, 3.05) is 11.9 Å². The van der Waals surface area contributed by atoms with Crippen LogP contribution in [0.15, 0.2) is 54.9 Å². The maximum atomic E-state index is 12.8. The summed E-state index contributed by atoms with van der Waals surface area (Å²) in [6, 6.07) is 13.9. The van der Waals surface area contributed by atoms with Gasteiger partial charge in [0, 0.05) is 18.1 Å². The molecule has 0 saturated carbocycles. The second-order valence-electron chi connectivity index (χ2n) is 6.25. The Labute approximate surface area is 141 Å². The first-order chi connectivity index (χ1) is 11.8. The van der Waals surface area contributed by atoms with E-state index in [-0.39, 0.29) is 30.2 Å².